The highest BCUT2D eigenvalue weighted by Crippen LogP contribution is 2.23. The Bertz CT molecular complexity index is 338. The van der Waals surface area contributed by atoms with Gasteiger partial charge in [-0.3, -0.25) is 0 Å². The zero-order valence-electron chi connectivity index (χ0n) is 12.5. The average Bonchev–Trinajstić information content (AvgIpc) is 2.42. The molecule has 0 aromatic heterocycles. The van der Waals surface area contributed by atoms with E-state index in [1.165, 1.54) is 4.31 Å². The minimum Gasteiger partial charge on any atom is -0.314 e. The van der Waals surface area contributed by atoms with E-state index in [0.717, 1.165) is 45.1 Å². The Morgan fingerprint density at radius 2 is 1.63 bits per heavy atom. The molecule has 0 bridgehead atoms. The highest BCUT2D eigenvalue weighted by molar-refractivity contribution is 7.87. The maximum Gasteiger partial charge on any atom is 0.279 e. The molecule has 0 radical (unpaired) electrons. The molecule has 0 amide bonds. The van der Waals surface area contributed by atoms with Crippen molar-refractivity contribution in [1.82, 2.24) is 14.3 Å². The zero-order valence-corrected chi connectivity index (χ0v) is 13.3. The molecule has 2 N–H and O–H groups in total. The van der Waals surface area contributed by atoms with Crippen molar-refractivity contribution < 1.29 is 8.42 Å². The predicted octanol–water partition coefficient (Wildman–Crippen LogP) is 1.47. The van der Waals surface area contributed by atoms with Crippen LogP contribution in [0, 0.1) is 0 Å². The van der Waals surface area contributed by atoms with Gasteiger partial charge < -0.3 is 5.32 Å². The summed E-state index contributed by atoms with van der Waals surface area (Å²) in [5.41, 5.74) is 0. The Kier molecular flexibility index (Phi) is 7.28. The van der Waals surface area contributed by atoms with Crippen molar-refractivity contribution in [2.45, 2.75) is 64.5 Å². The van der Waals surface area contributed by atoms with Crippen LogP contribution in [0.1, 0.15) is 52.4 Å². The van der Waals surface area contributed by atoms with Crippen molar-refractivity contribution in [3.63, 3.8) is 0 Å². The van der Waals surface area contributed by atoms with Gasteiger partial charge in [0.25, 0.3) is 10.2 Å². The third kappa shape index (κ3) is 5.38. The van der Waals surface area contributed by atoms with Crippen molar-refractivity contribution in [1.29, 1.82) is 0 Å². The molecule has 1 aliphatic rings. The van der Waals surface area contributed by atoms with Gasteiger partial charge in [0, 0.05) is 25.7 Å². The highest BCUT2D eigenvalue weighted by Gasteiger charge is 2.29. The van der Waals surface area contributed by atoms with Crippen molar-refractivity contribution in [2.24, 2.45) is 0 Å². The number of hydrogen-bond acceptors (Lipinski definition) is 3. The Balaban J connectivity index is 2.41. The maximum absolute atomic E-state index is 12.0. The molecule has 19 heavy (non-hydrogen) atoms. The molecule has 6 heteroatoms. The average molecular weight is 291 g/mol. The first-order valence-corrected chi connectivity index (χ1v) is 8.91. The van der Waals surface area contributed by atoms with Gasteiger partial charge in [-0.2, -0.15) is 12.7 Å². The van der Waals surface area contributed by atoms with E-state index in [4.69, 9.17) is 0 Å². The van der Waals surface area contributed by atoms with E-state index >= 15 is 0 Å². The third-order valence-electron chi connectivity index (χ3n) is 3.81. The Morgan fingerprint density at radius 3 is 2.16 bits per heavy atom. The molecule has 114 valence electrons. The number of hydrogen-bond donors (Lipinski definition) is 2. The van der Waals surface area contributed by atoms with E-state index in [-0.39, 0.29) is 6.04 Å². The first-order valence-electron chi connectivity index (χ1n) is 7.47. The van der Waals surface area contributed by atoms with Gasteiger partial charge in [0.2, 0.25) is 0 Å². The zero-order chi connectivity index (χ0) is 14.3. The van der Waals surface area contributed by atoms with Crippen LogP contribution < -0.4 is 10.0 Å². The predicted molar refractivity (Wildman–Crippen MR) is 79.3 cm³/mol. The van der Waals surface area contributed by atoms with E-state index in [1.54, 1.807) is 7.05 Å². The van der Waals surface area contributed by atoms with Gasteiger partial charge in [-0.05, 0) is 45.1 Å². The minimum absolute atomic E-state index is 0.147. The van der Waals surface area contributed by atoms with Crippen LogP contribution in [-0.2, 0) is 10.2 Å². The van der Waals surface area contributed by atoms with Gasteiger partial charge in [0.05, 0.1) is 0 Å². The standard InChI is InChI=1S/C13H29N3O2S/c1-4-10-14-12-6-8-13(9-7-12)16(3)19(17,18)15-11-5-2/h12-15H,4-11H2,1-3H3. The van der Waals surface area contributed by atoms with Crippen molar-refractivity contribution >= 4 is 10.2 Å². The van der Waals surface area contributed by atoms with Crippen LogP contribution in [0.5, 0.6) is 0 Å². The molecule has 5 nitrogen and oxygen atoms in total. The maximum atomic E-state index is 12.0. The fourth-order valence-corrected chi connectivity index (χ4v) is 3.79. The van der Waals surface area contributed by atoms with Crippen LogP contribution in [0.4, 0.5) is 0 Å². The number of nitrogens with zero attached hydrogens (tertiary/aromatic N) is 1. The SMILES string of the molecule is CCCNC1CCC(N(C)S(=O)(=O)NCCC)CC1. The van der Waals surface area contributed by atoms with Gasteiger partial charge in [0.1, 0.15) is 0 Å². The summed E-state index contributed by atoms with van der Waals surface area (Å²) in [6.07, 6.45) is 6.00. The van der Waals surface area contributed by atoms with Gasteiger partial charge in [-0.25, -0.2) is 4.72 Å². The topological polar surface area (TPSA) is 61.4 Å². The van der Waals surface area contributed by atoms with E-state index < -0.39 is 10.2 Å². The van der Waals surface area contributed by atoms with E-state index in [1.807, 2.05) is 6.92 Å². The molecule has 1 aliphatic carbocycles. The lowest BCUT2D eigenvalue weighted by Crippen LogP contribution is -2.47. The van der Waals surface area contributed by atoms with E-state index in [2.05, 4.69) is 17.0 Å². The van der Waals surface area contributed by atoms with E-state index in [0.29, 0.717) is 12.6 Å². The molecule has 0 atom stereocenters. The summed E-state index contributed by atoms with van der Waals surface area (Å²) in [5.74, 6) is 0. The second-order valence-electron chi connectivity index (χ2n) is 5.38. The summed E-state index contributed by atoms with van der Waals surface area (Å²) in [6.45, 7) is 5.70. The molecule has 0 unspecified atom stereocenters. The number of nitrogens with one attached hydrogen (secondary N) is 2. The lowest BCUT2D eigenvalue weighted by molar-refractivity contribution is 0.248. The molecule has 0 heterocycles. The highest BCUT2D eigenvalue weighted by atomic mass is 32.2. The fourth-order valence-electron chi connectivity index (χ4n) is 2.52. The van der Waals surface area contributed by atoms with Crippen molar-refractivity contribution in [3.05, 3.63) is 0 Å². The number of rotatable bonds is 8. The molecule has 0 aliphatic heterocycles. The van der Waals surface area contributed by atoms with Crippen LogP contribution in [0.15, 0.2) is 0 Å². The minimum atomic E-state index is -3.29. The summed E-state index contributed by atoms with van der Waals surface area (Å²) >= 11 is 0. The molecule has 1 fully saturated rings. The molecule has 0 saturated heterocycles. The summed E-state index contributed by atoms with van der Waals surface area (Å²) in [5, 5.41) is 3.52. The second kappa shape index (κ2) is 8.19. The normalized spacial score (nSPS) is 24.8. The quantitative estimate of drug-likeness (QED) is 0.712. The van der Waals surface area contributed by atoms with Gasteiger partial charge in [-0.15, -0.1) is 0 Å². The Hall–Kier alpha value is -0.170. The van der Waals surface area contributed by atoms with Crippen LogP contribution in [0.25, 0.3) is 0 Å². The van der Waals surface area contributed by atoms with Crippen molar-refractivity contribution in [2.75, 3.05) is 20.1 Å². The second-order valence-corrected chi connectivity index (χ2v) is 7.19. The van der Waals surface area contributed by atoms with E-state index in [9.17, 15) is 8.42 Å². The molecule has 0 aromatic carbocycles. The van der Waals surface area contributed by atoms with Crippen LogP contribution in [0.3, 0.4) is 0 Å². The van der Waals surface area contributed by atoms with Gasteiger partial charge in [-0.1, -0.05) is 13.8 Å². The Labute approximate surface area is 118 Å². The molecule has 1 saturated carbocycles. The summed E-state index contributed by atoms with van der Waals surface area (Å²) in [4.78, 5) is 0. The smallest absolute Gasteiger partial charge is 0.279 e. The molecule has 0 spiro atoms. The van der Waals surface area contributed by atoms with Crippen molar-refractivity contribution in [3.8, 4) is 0 Å². The lowest BCUT2D eigenvalue weighted by atomic mass is 9.91. The lowest BCUT2D eigenvalue weighted by Gasteiger charge is -2.34. The monoisotopic (exact) mass is 291 g/mol. The van der Waals surface area contributed by atoms with Crippen LogP contribution in [0.2, 0.25) is 0 Å². The first kappa shape index (κ1) is 16.9. The van der Waals surface area contributed by atoms with Crippen LogP contribution in [-0.4, -0.2) is 44.9 Å². The third-order valence-corrected chi connectivity index (χ3v) is 5.43. The van der Waals surface area contributed by atoms with Gasteiger partial charge in [0.15, 0.2) is 0 Å². The molecule has 1 rings (SSSR count). The van der Waals surface area contributed by atoms with Gasteiger partial charge >= 0.3 is 0 Å². The largest absolute Gasteiger partial charge is 0.314 e. The van der Waals surface area contributed by atoms with Crippen LogP contribution >= 0.6 is 0 Å². The summed E-state index contributed by atoms with van der Waals surface area (Å²) < 4.78 is 28.2. The molecule has 0 aromatic rings. The summed E-state index contributed by atoms with van der Waals surface area (Å²) in [6, 6.07) is 0.713. The Morgan fingerprint density at radius 1 is 1.05 bits per heavy atom. The summed E-state index contributed by atoms with van der Waals surface area (Å²) in [7, 11) is -1.60. The fraction of sp³-hybridized carbons (Fsp3) is 1.00. The molecular weight excluding hydrogens is 262 g/mol. The molecular formula is C13H29N3O2S. The first-order chi connectivity index (χ1) is 9.01.